The monoisotopic (exact) mass is 165 g/mol. The third-order valence-electron chi connectivity index (χ3n) is 2.44. The minimum Gasteiger partial charge on any atom is -0.362 e. The van der Waals surface area contributed by atoms with Crippen LogP contribution in [-0.4, -0.2) is 4.98 Å². The highest BCUT2D eigenvalue weighted by molar-refractivity contribution is 5.27. The van der Waals surface area contributed by atoms with E-state index in [4.69, 9.17) is 0 Å². The lowest BCUT2D eigenvalue weighted by atomic mass is 9.97. The molecule has 1 atom stereocenters. The molecule has 0 saturated heterocycles. The van der Waals surface area contributed by atoms with Crippen molar-refractivity contribution in [1.29, 1.82) is 0 Å². The molecule has 0 fully saturated rings. The van der Waals surface area contributed by atoms with E-state index < -0.39 is 0 Å². The van der Waals surface area contributed by atoms with Crippen molar-refractivity contribution in [1.82, 2.24) is 4.98 Å². The average Bonchev–Trinajstić information content (AvgIpc) is 2.30. The van der Waals surface area contributed by atoms with Gasteiger partial charge in [-0.1, -0.05) is 20.3 Å². The van der Waals surface area contributed by atoms with Crippen molar-refractivity contribution in [2.45, 2.75) is 46.5 Å². The highest BCUT2D eigenvalue weighted by Gasteiger charge is 2.08. The number of nitrogens with one attached hydrogen (secondary N) is 1. The molecule has 1 N–H and O–H groups in total. The van der Waals surface area contributed by atoms with Gasteiger partial charge in [0, 0.05) is 11.4 Å². The molecule has 1 unspecified atom stereocenters. The summed E-state index contributed by atoms with van der Waals surface area (Å²) in [7, 11) is 0. The van der Waals surface area contributed by atoms with Crippen molar-refractivity contribution in [3.8, 4) is 0 Å². The highest BCUT2D eigenvalue weighted by atomic mass is 14.7. The molecule has 0 aliphatic rings. The highest BCUT2D eigenvalue weighted by Crippen LogP contribution is 2.24. The lowest BCUT2D eigenvalue weighted by Crippen LogP contribution is -1.92. The number of aryl methyl sites for hydroxylation is 2. The first-order valence-corrected chi connectivity index (χ1v) is 4.81. The van der Waals surface area contributed by atoms with Crippen molar-refractivity contribution in [3.63, 3.8) is 0 Å². The van der Waals surface area contributed by atoms with Crippen molar-refractivity contribution >= 4 is 0 Å². The molecule has 0 aromatic carbocycles. The van der Waals surface area contributed by atoms with Gasteiger partial charge in [0.15, 0.2) is 0 Å². The summed E-state index contributed by atoms with van der Waals surface area (Å²) in [6, 6.07) is 2.27. The molecule has 68 valence electrons. The van der Waals surface area contributed by atoms with E-state index in [0.717, 1.165) is 0 Å². The predicted molar refractivity (Wildman–Crippen MR) is 53.6 cm³/mol. The number of H-pyrrole nitrogens is 1. The number of aromatic nitrogens is 1. The van der Waals surface area contributed by atoms with E-state index in [2.05, 4.69) is 38.7 Å². The summed E-state index contributed by atoms with van der Waals surface area (Å²) in [5.74, 6) is 0.708. The van der Waals surface area contributed by atoms with Gasteiger partial charge in [-0.05, 0) is 37.8 Å². The maximum Gasteiger partial charge on any atom is 0.0152 e. The quantitative estimate of drug-likeness (QED) is 0.705. The van der Waals surface area contributed by atoms with Gasteiger partial charge in [0.1, 0.15) is 0 Å². The standard InChI is InChI=1S/C11H19N/c1-5-6-8(2)11-7-9(3)12-10(11)4/h7-8,12H,5-6H2,1-4H3. The lowest BCUT2D eigenvalue weighted by molar-refractivity contribution is 0.662. The smallest absolute Gasteiger partial charge is 0.0152 e. The summed E-state index contributed by atoms with van der Waals surface area (Å²) in [5, 5.41) is 0. The molecule has 0 spiro atoms. The van der Waals surface area contributed by atoms with E-state index in [9.17, 15) is 0 Å². The largest absolute Gasteiger partial charge is 0.362 e. The zero-order valence-corrected chi connectivity index (χ0v) is 8.57. The minimum absolute atomic E-state index is 0.708. The maximum absolute atomic E-state index is 3.35. The zero-order chi connectivity index (χ0) is 9.14. The van der Waals surface area contributed by atoms with Crippen LogP contribution in [-0.2, 0) is 0 Å². The Bertz CT molecular complexity index is 248. The summed E-state index contributed by atoms with van der Waals surface area (Å²) < 4.78 is 0. The molecular weight excluding hydrogens is 146 g/mol. The third-order valence-corrected chi connectivity index (χ3v) is 2.44. The SMILES string of the molecule is CCCC(C)c1cc(C)[nH]c1C. The van der Waals surface area contributed by atoms with Crippen LogP contribution >= 0.6 is 0 Å². The van der Waals surface area contributed by atoms with Crippen LogP contribution in [0.25, 0.3) is 0 Å². The summed E-state index contributed by atoms with van der Waals surface area (Å²) in [4.78, 5) is 3.35. The van der Waals surface area contributed by atoms with Gasteiger partial charge in [-0.2, -0.15) is 0 Å². The fourth-order valence-corrected chi connectivity index (χ4v) is 1.85. The Labute approximate surface area is 75.2 Å². The van der Waals surface area contributed by atoms with Crippen molar-refractivity contribution in [3.05, 3.63) is 23.0 Å². The second-order valence-electron chi connectivity index (χ2n) is 3.72. The van der Waals surface area contributed by atoms with Crippen molar-refractivity contribution < 1.29 is 0 Å². The molecule has 0 saturated carbocycles. The van der Waals surface area contributed by atoms with Crippen LogP contribution in [0.15, 0.2) is 6.07 Å². The lowest BCUT2D eigenvalue weighted by Gasteiger charge is -2.08. The van der Waals surface area contributed by atoms with Gasteiger partial charge in [0.25, 0.3) is 0 Å². The second-order valence-corrected chi connectivity index (χ2v) is 3.72. The van der Waals surface area contributed by atoms with Gasteiger partial charge in [0.2, 0.25) is 0 Å². The normalized spacial score (nSPS) is 13.3. The molecule has 1 heteroatoms. The van der Waals surface area contributed by atoms with Crippen LogP contribution < -0.4 is 0 Å². The Hall–Kier alpha value is -0.720. The van der Waals surface area contributed by atoms with Crippen molar-refractivity contribution in [2.24, 2.45) is 0 Å². The molecule has 1 aromatic rings. The molecule has 1 rings (SSSR count). The Kier molecular flexibility index (Phi) is 2.96. The Balaban J connectivity index is 2.79. The van der Waals surface area contributed by atoms with Gasteiger partial charge in [0.05, 0.1) is 0 Å². The van der Waals surface area contributed by atoms with E-state index in [-0.39, 0.29) is 0 Å². The molecule has 12 heavy (non-hydrogen) atoms. The number of aromatic amines is 1. The van der Waals surface area contributed by atoms with Crippen LogP contribution in [0.2, 0.25) is 0 Å². The van der Waals surface area contributed by atoms with Crippen LogP contribution in [0.3, 0.4) is 0 Å². The summed E-state index contributed by atoms with van der Waals surface area (Å²) in [6.45, 7) is 8.83. The van der Waals surface area contributed by atoms with E-state index in [1.165, 1.54) is 29.8 Å². The van der Waals surface area contributed by atoms with Crippen LogP contribution in [0.4, 0.5) is 0 Å². The van der Waals surface area contributed by atoms with Crippen molar-refractivity contribution in [2.75, 3.05) is 0 Å². The number of rotatable bonds is 3. The molecule has 1 aromatic heterocycles. The zero-order valence-electron chi connectivity index (χ0n) is 8.57. The summed E-state index contributed by atoms with van der Waals surface area (Å²) >= 11 is 0. The average molecular weight is 165 g/mol. The molecule has 0 aliphatic carbocycles. The second kappa shape index (κ2) is 3.79. The molecule has 0 bridgehead atoms. The summed E-state index contributed by atoms with van der Waals surface area (Å²) in [6.07, 6.45) is 2.56. The van der Waals surface area contributed by atoms with Crippen LogP contribution in [0.1, 0.15) is 49.6 Å². The van der Waals surface area contributed by atoms with E-state index in [1.54, 1.807) is 0 Å². The number of hydrogen-bond donors (Lipinski definition) is 1. The van der Waals surface area contributed by atoms with E-state index in [0.29, 0.717) is 5.92 Å². The predicted octanol–water partition coefficient (Wildman–Crippen LogP) is 3.54. The molecule has 1 nitrogen and oxygen atoms in total. The molecule has 0 aliphatic heterocycles. The molecule has 0 radical (unpaired) electrons. The van der Waals surface area contributed by atoms with Gasteiger partial charge >= 0.3 is 0 Å². The maximum atomic E-state index is 3.35. The minimum atomic E-state index is 0.708. The fraction of sp³-hybridized carbons (Fsp3) is 0.636. The van der Waals surface area contributed by atoms with E-state index >= 15 is 0 Å². The number of hydrogen-bond acceptors (Lipinski definition) is 0. The van der Waals surface area contributed by atoms with E-state index in [1.807, 2.05) is 0 Å². The first-order valence-electron chi connectivity index (χ1n) is 4.81. The molecule has 0 amide bonds. The first kappa shape index (κ1) is 9.37. The Morgan fingerprint density at radius 2 is 2.08 bits per heavy atom. The van der Waals surface area contributed by atoms with Gasteiger partial charge < -0.3 is 4.98 Å². The molecule has 1 heterocycles. The first-order chi connectivity index (χ1) is 5.65. The topological polar surface area (TPSA) is 15.8 Å². The Morgan fingerprint density at radius 3 is 2.50 bits per heavy atom. The fourth-order valence-electron chi connectivity index (χ4n) is 1.85. The Morgan fingerprint density at radius 1 is 1.42 bits per heavy atom. The van der Waals surface area contributed by atoms with Gasteiger partial charge in [-0.25, -0.2) is 0 Å². The van der Waals surface area contributed by atoms with Gasteiger partial charge in [-0.3, -0.25) is 0 Å². The molecular formula is C11H19N. The summed E-state index contributed by atoms with van der Waals surface area (Å²) in [5.41, 5.74) is 4.12. The van der Waals surface area contributed by atoms with Crippen LogP contribution in [0, 0.1) is 13.8 Å². The van der Waals surface area contributed by atoms with Crippen LogP contribution in [0.5, 0.6) is 0 Å². The van der Waals surface area contributed by atoms with Gasteiger partial charge in [-0.15, -0.1) is 0 Å². The third kappa shape index (κ3) is 1.90.